The number of halogens is 2. The molecule has 6 heteroatoms. The molecule has 0 saturated carbocycles. The number of aliphatic hydroxyl groups is 1. The molecule has 4 nitrogen and oxygen atoms in total. The number of carbonyl (C=O) groups is 1. The Morgan fingerprint density at radius 1 is 1.47 bits per heavy atom. The first-order valence-electron chi connectivity index (χ1n) is 5.92. The Balaban J connectivity index is 2.36. The fourth-order valence-corrected chi connectivity index (χ4v) is 1.62. The monoisotopic (exact) mass is 288 g/mol. The van der Waals surface area contributed by atoms with Crippen molar-refractivity contribution >= 4 is 17.5 Å². The van der Waals surface area contributed by atoms with E-state index < -0.39 is 11.4 Å². The lowest BCUT2D eigenvalue weighted by Gasteiger charge is -2.17. The third-order valence-electron chi connectivity index (χ3n) is 2.35. The van der Waals surface area contributed by atoms with E-state index in [1.807, 2.05) is 0 Å². The van der Waals surface area contributed by atoms with Crippen LogP contribution in [-0.2, 0) is 11.3 Å². The van der Waals surface area contributed by atoms with Gasteiger partial charge in [0.15, 0.2) is 0 Å². The molecule has 3 N–H and O–H groups in total. The van der Waals surface area contributed by atoms with Gasteiger partial charge in [0, 0.05) is 18.7 Å². The van der Waals surface area contributed by atoms with Crippen molar-refractivity contribution in [3.63, 3.8) is 0 Å². The van der Waals surface area contributed by atoms with Crippen molar-refractivity contribution in [1.82, 2.24) is 10.6 Å². The zero-order chi connectivity index (χ0) is 14.5. The maximum absolute atomic E-state index is 13.5. The van der Waals surface area contributed by atoms with Crippen LogP contribution in [-0.4, -0.2) is 29.7 Å². The molecule has 0 fully saturated rings. The molecule has 0 radical (unpaired) electrons. The van der Waals surface area contributed by atoms with Crippen molar-refractivity contribution in [3.05, 3.63) is 34.6 Å². The van der Waals surface area contributed by atoms with Gasteiger partial charge in [0.1, 0.15) is 5.82 Å². The lowest BCUT2D eigenvalue weighted by molar-refractivity contribution is -0.120. The third kappa shape index (κ3) is 6.00. The average molecular weight is 289 g/mol. The number of benzene rings is 1. The summed E-state index contributed by atoms with van der Waals surface area (Å²) in [7, 11) is 0. The summed E-state index contributed by atoms with van der Waals surface area (Å²) in [5, 5.41) is 14.9. The van der Waals surface area contributed by atoms with Crippen LogP contribution in [0.25, 0.3) is 0 Å². The van der Waals surface area contributed by atoms with Gasteiger partial charge in [0.05, 0.1) is 17.2 Å². The molecule has 19 heavy (non-hydrogen) atoms. The van der Waals surface area contributed by atoms with Crippen LogP contribution >= 0.6 is 11.6 Å². The van der Waals surface area contributed by atoms with Crippen molar-refractivity contribution in [2.75, 3.05) is 13.1 Å². The molecule has 0 unspecified atom stereocenters. The minimum atomic E-state index is -0.876. The molecule has 0 atom stereocenters. The first-order valence-corrected chi connectivity index (χ1v) is 6.30. The lowest BCUT2D eigenvalue weighted by Crippen LogP contribution is -2.40. The highest BCUT2D eigenvalue weighted by Gasteiger charge is 2.12. The molecule has 0 bridgehead atoms. The van der Waals surface area contributed by atoms with Gasteiger partial charge >= 0.3 is 0 Å². The first-order chi connectivity index (χ1) is 8.79. The van der Waals surface area contributed by atoms with Gasteiger partial charge in [-0.3, -0.25) is 4.79 Å². The molecule has 0 spiro atoms. The van der Waals surface area contributed by atoms with E-state index in [1.54, 1.807) is 26.0 Å². The van der Waals surface area contributed by atoms with E-state index >= 15 is 0 Å². The Morgan fingerprint density at radius 2 is 2.16 bits per heavy atom. The fraction of sp³-hybridized carbons (Fsp3) is 0.462. The predicted molar refractivity (Wildman–Crippen MR) is 72.4 cm³/mol. The third-order valence-corrected chi connectivity index (χ3v) is 2.64. The Morgan fingerprint density at radius 3 is 2.79 bits per heavy atom. The molecule has 0 aliphatic carbocycles. The zero-order valence-electron chi connectivity index (χ0n) is 11.0. The van der Waals surface area contributed by atoms with E-state index in [1.165, 1.54) is 6.07 Å². The van der Waals surface area contributed by atoms with Gasteiger partial charge in [-0.15, -0.1) is 0 Å². The van der Waals surface area contributed by atoms with Gasteiger partial charge in [-0.05, 0) is 19.9 Å². The quantitative estimate of drug-likeness (QED) is 0.743. The summed E-state index contributed by atoms with van der Waals surface area (Å²) in [5.74, 6) is -0.794. The van der Waals surface area contributed by atoms with E-state index in [0.29, 0.717) is 12.1 Å². The number of carbonyl (C=O) groups excluding carboxylic acids is 1. The molecule has 0 saturated heterocycles. The predicted octanol–water partition coefficient (Wildman–Crippen LogP) is 1.46. The SMILES string of the molecule is CC(C)(O)CNCC(=O)NCc1cccc(Cl)c1F. The minimum Gasteiger partial charge on any atom is -0.389 e. The van der Waals surface area contributed by atoms with Gasteiger partial charge in [0.2, 0.25) is 5.91 Å². The second kappa shape index (κ2) is 6.84. The Bertz CT molecular complexity index is 447. The molecular formula is C13H18ClFN2O2. The fourth-order valence-electron chi connectivity index (χ4n) is 1.42. The van der Waals surface area contributed by atoms with Gasteiger partial charge in [-0.1, -0.05) is 23.7 Å². The zero-order valence-corrected chi connectivity index (χ0v) is 11.7. The largest absolute Gasteiger partial charge is 0.389 e. The van der Waals surface area contributed by atoms with Crippen molar-refractivity contribution in [3.8, 4) is 0 Å². The van der Waals surface area contributed by atoms with Crippen LogP contribution in [0.2, 0.25) is 5.02 Å². The molecule has 1 aromatic carbocycles. The van der Waals surface area contributed by atoms with Gasteiger partial charge in [-0.25, -0.2) is 4.39 Å². The van der Waals surface area contributed by atoms with Crippen molar-refractivity contribution in [2.45, 2.75) is 26.0 Å². The molecule has 0 aliphatic heterocycles. The van der Waals surface area contributed by atoms with Crippen molar-refractivity contribution < 1.29 is 14.3 Å². The normalized spacial score (nSPS) is 11.4. The maximum Gasteiger partial charge on any atom is 0.234 e. The number of hydrogen-bond acceptors (Lipinski definition) is 3. The number of amides is 1. The van der Waals surface area contributed by atoms with Crippen LogP contribution < -0.4 is 10.6 Å². The van der Waals surface area contributed by atoms with Crippen LogP contribution in [0.1, 0.15) is 19.4 Å². The summed E-state index contributed by atoms with van der Waals surface area (Å²) in [5.41, 5.74) is -0.539. The average Bonchev–Trinajstić information content (AvgIpc) is 2.29. The molecule has 0 aromatic heterocycles. The van der Waals surface area contributed by atoms with Crippen LogP contribution in [0.4, 0.5) is 4.39 Å². The molecule has 106 valence electrons. The van der Waals surface area contributed by atoms with Crippen LogP contribution in [0.3, 0.4) is 0 Å². The summed E-state index contributed by atoms with van der Waals surface area (Å²) in [4.78, 5) is 11.5. The highest BCUT2D eigenvalue weighted by Crippen LogP contribution is 2.17. The molecular weight excluding hydrogens is 271 g/mol. The summed E-state index contributed by atoms with van der Waals surface area (Å²) < 4.78 is 13.5. The Hall–Kier alpha value is -1.17. The van der Waals surface area contributed by atoms with Crippen molar-refractivity contribution in [1.29, 1.82) is 0 Å². The molecule has 1 amide bonds. The molecule has 1 rings (SSSR count). The smallest absolute Gasteiger partial charge is 0.234 e. The summed E-state index contributed by atoms with van der Waals surface area (Å²) in [6, 6.07) is 4.64. The molecule has 1 aromatic rings. The second-order valence-electron chi connectivity index (χ2n) is 4.91. The van der Waals surface area contributed by atoms with Gasteiger partial charge in [-0.2, -0.15) is 0 Å². The number of nitrogens with one attached hydrogen (secondary N) is 2. The van der Waals surface area contributed by atoms with Crippen molar-refractivity contribution in [2.24, 2.45) is 0 Å². The summed E-state index contributed by atoms with van der Waals surface area (Å²) in [6.07, 6.45) is 0. The summed E-state index contributed by atoms with van der Waals surface area (Å²) >= 11 is 5.64. The van der Waals surface area contributed by atoms with E-state index in [-0.39, 0.29) is 24.0 Å². The Labute approximate surface area is 117 Å². The molecule has 0 aliphatic rings. The van der Waals surface area contributed by atoms with E-state index in [9.17, 15) is 14.3 Å². The van der Waals surface area contributed by atoms with Gasteiger partial charge in [0.25, 0.3) is 0 Å². The number of rotatable bonds is 6. The Kier molecular flexibility index (Phi) is 5.72. The van der Waals surface area contributed by atoms with E-state index in [4.69, 9.17) is 11.6 Å². The number of hydrogen-bond donors (Lipinski definition) is 3. The topological polar surface area (TPSA) is 61.4 Å². The lowest BCUT2D eigenvalue weighted by atomic mass is 10.1. The van der Waals surface area contributed by atoms with Crippen LogP contribution in [0.15, 0.2) is 18.2 Å². The molecule has 0 heterocycles. The minimum absolute atomic E-state index is 0.0342. The standard InChI is InChI=1S/C13H18ClFN2O2/c1-13(2,19)8-16-7-11(18)17-6-9-4-3-5-10(14)12(9)15/h3-5,16,19H,6-8H2,1-2H3,(H,17,18). The van der Waals surface area contributed by atoms with Crippen LogP contribution in [0, 0.1) is 5.82 Å². The van der Waals surface area contributed by atoms with E-state index in [0.717, 1.165) is 0 Å². The summed E-state index contributed by atoms with van der Waals surface area (Å²) in [6.45, 7) is 3.71. The maximum atomic E-state index is 13.5. The highest BCUT2D eigenvalue weighted by atomic mass is 35.5. The van der Waals surface area contributed by atoms with E-state index in [2.05, 4.69) is 10.6 Å². The highest BCUT2D eigenvalue weighted by molar-refractivity contribution is 6.30. The first kappa shape index (κ1) is 15.9. The second-order valence-corrected chi connectivity index (χ2v) is 5.31. The van der Waals surface area contributed by atoms with Gasteiger partial charge < -0.3 is 15.7 Å². The van der Waals surface area contributed by atoms with Crippen LogP contribution in [0.5, 0.6) is 0 Å².